The molecule has 0 aliphatic carbocycles. The zero-order chi connectivity index (χ0) is 16.8. The molecule has 0 aliphatic heterocycles. The highest BCUT2D eigenvalue weighted by Gasteiger charge is 2.08. The Morgan fingerprint density at radius 1 is 1.13 bits per heavy atom. The molecule has 4 nitrogen and oxygen atoms in total. The largest absolute Gasteiger partial charge is 0.494 e. The molecule has 0 aliphatic rings. The summed E-state index contributed by atoms with van der Waals surface area (Å²) in [5, 5.41) is 3.32. The first-order valence-corrected chi connectivity index (χ1v) is 8.66. The first-order valence-electron chi connectivity index (χ1n) is 7.08. The molecule has 0 saturated carbocycles. The number of hydrogen-bond donors (Lipinski definition) is 1. The van der Waals surface area contributed by atoms with Gasteiger partial charge < -0.3 is 14.8 Å². The first-order chi connectivity index (χ1) is 11.0. The lowest BCUT2D eigenvalue weighted by atomic mass is 10.2. The third-order valence-electron chi connectivity index (χ3n) is 3.15. The molecule has 0 atom stereocenters. The van der Waals surface area contributed by atoms with E-state index in [0.29, 0.717) is 18.7 Å². The highest BCUT2D eigenvalue weighted by Crippen LogP contribution is 2.34. The second kappa shape index (κ2) is 8.36. The van der Waals surface area contributed by atoms with Crippen molar-refractivity contribution >= 4 is 43.5 Å². The van der Waals surface area contributed by atoms with Gasteiger partial charge in [0.05, 0.1) is 28.2 Å². The number of carbonyl (C=O) groups excluding carboxylic acids is 1. The molecule has 0 radical (unpaired) electrons. The summed E-state index contributed by atoms with van der Waals surface area (Å²) in [7, 11) is 1.63. The van der Waals surface area contributed by atoms with Gasteiger partial charge in [-0.15, -0.1) is 0 Å². The van der Waals surface area contributed by atoms with Crippen LogP contribution in [0.3, 0.4) is 0 Å². The molecule has 2 aromatic rings. The average Bonchev–Trinajstić information content (AvgIpc) is 2.53. The molecule has 0 spiro atoms. The minimum absolute atomic E-state index is 0.304. The fraction of sp³-hybridized carbons (Fsp3) is 0.235. The highest BCUT2D eigenvalue weighted by molar-refractivity contribution is 9.11. The van der Waals surface area contributed by atoms with E-state index in [0.717, 1.165) is 25.9 Å². The second-order valence-electron chi connectivity index (χ2n) is 4.74. The molecule has 1 N–H and O–H groups in total. The van der Waals surface area contributed by atoms with Crippen LogP contribution in [0.4, 0.5) is 5.69 Å². The zero-order valence-corrected chi connectivity index (χ0v) is 16.0. The van der Waals surface area contributed by atoms with Crippen molar-refractivity contribution in [2.45, 2.75) is 13.5 Å². The van der Waals surface area contributed by atoms with E-state index in [1.807, 2.05) is 24.3 Å². The Morgan fingerprint density at radius 2 is 1.74 bits per heavy atom. The molecule has 2 aromatic carbocycles. The Hall–Kier alpha value is -1.53. The van der Waals surface area contributed by atoms with E-state index in [4.69, 9.17) is 9.47 Å². The number of hydrogen-bond acceptors (Lipinski definition) is 4. The van der Waals surface area contributed by atoms with Gasteiger partial charge in [0.1, 0.15) is 5.75 Å². The summed E-state index contributed by atoms with van der Waals surface area (Å²) in [6, 6.07) is 11.2. The van der Waals surface area contributed by atoms with Crippen LogP contribution >= 0.6 is 31.9 Å². The molecule has 0 aromatic heterocycles. The van der Waals surface area contributed by atoms with Gasteiger partial charge in [0.25, 0.3) is 0 Å². The van der Waals surface area contributed by atoms with Crippen LogP contribution in [-0.4, -0.2) is 19.7 Å². The van der Waals surface area contributed by atoms with Crippen LogP contribution in [0.25, 0.3) is 0 Å². The minimum Gasteiger partial charge on any atom is -0.494 e. The summed E-state index contributed by atoms with van der Waals surface area (Å²) in [4.78, 5) is 11.6. The van der Waals surface area contributed by atoms with Gasteiger partial charge in [0.2, 0.25) is 0 Å². The molecule has 0 amide bonds. The van der Waals surface area contributed by atoms with E-state index in [9.17, 15) is 4.79 Å². The van der Waals surface area contributed by atoms with Crippen molar-refractivity contribution in [3.63, 3.8) is 0 Å². The van der Waals surface area contributed by atoms with Gasteiger partial charge in [-0.2, -0.15) is 0 Å². The molecule has 122 valence electrons. The molecule has 2 rings (SSSR count). The van der Waals surface area contributed by atoms with E-state index in [1.165, 1.54) is 0 Å². The highest BCUT2D eigenvalue weighted by atomic mass is 79.9. The van der Waals surface area contributed by atoms with Gasteiger partial charge in [0, 0.05) is 12.2 Å². The summed E-state index contributed by atoms with van der Waals surface area (Å²) in [6.45, 7) is 2.82. The number of halogens is 2. The van der Waals surface area contributed by atoms with Crippen molar-refractivity contribution in [2.75, 3.05) is 19.0 Å². The number of anilines is 1. The van der Waals surface area contributed by atoms with Crippen LogP contribution in [0, 0.1) is 0 Å². The van der Waals surface area contributed by atoms with Gasteiger partial charge in [-0.3, -0.25) is 0 Å². The molecule has 6 heteroatoms. The summed E-state index contributed by atoms with van der Waals surface area (Å²) in [5.74, 6) is 0.467. The second-order valence-corrected chi connectivity index (χ2v) is 6.45. The monoisotopic (exact) mass is 441 g/mol. The zero-order valence-electron chi connectivity index (χ0n) is 12.9. The van der Waals surface area contributed by atoms with Gasteiger partial charge in [-0.25, -0.2) is 4.79 Å². The van der Waals surface area contributed by atoms with E-state index < -0.39 is 0 Å². The Labute approximate surface area is 152 Å². The van der Waals surface area contributed by atoms with E-state index >= 15 is 0 Å². The molecule has 0 fully saturated rings. The third kappa shape index (κ3) is 4.72. The number of nitrogens with one attached hydrogen (secondary N) is 1. The van der Waals surface area contributed by atoms with Crippen molar-refractivity contribution < 1.29 is 14.3 Å². The van der Waals surface area contributed by atoms with E-state index in [-0.39, 0.29) is 5.97 Å². The number of methoxy groups -OCH3 is 1. The SMILES string of the molecule is CCOC(=O)c1ccc(NCc2cc(Br)c(OC)c(Br)c2)cc1. The molecular formula is C17H17Br2NO3. The number of esters is 1. The van der Waals surface area contributed by atoms with Crippen molar-refractivity contribution in [1.29, 1.82) is 0 Å². The van der Waals surface area contributed by atoms with Crippen LogP contribution in [0.5, 0.6) is 5.75 Å². The number of ether oxygens (including phenoxy) is 2. The van der Waals surface area contributed by atoms with Crippen LogP contribution in [-0.2, 0) is 11.3 Å². The third-order valence-corrected chi connectivity index (χ3v) is 4.33. The fourth-order valence-corrected chi connectivity index (χ4v) is 3.66. The number of benzene rings is 2. The smallest absolute Gasteiger partial charge is 0.338 e. The van der Waals surface area contributed by atoms with Gasteiger partial charge in [0.15, 0.2) is 0 Å². The summed E-state index contributed by atoms with van der Waals surface area (Å²) in [6.07, 6.45) is 0. The summed E-state index contributed by atoms with van der Waals surface area (Å²) >= 11 is 6.98. The average molecular weight is 443 g/mol. The standard InChI is InChI=1S/C17H17Br2NO3/c1-3-23-17(21)12-4-6-13(7-5-12)20-10-11-8-14(18)16(22-2)15(19)9-11/h4-9,20H,3,10H2,1-2H3. The summed E-state index contributed by atoms with van der Waals surface area (Å²) in [5.41, 5.74) is 2.58. The number of carbonyl (C=O) groups is 1. The first kappa shape index (κ1) is 17.8. The maximum absolute atomic E-state index is 11.6. The Morgan fingerprint density at radius 3 is 2.26 bits per heavy atom. The van der Waals surface area contributed by atoms with Crippen molar-refractivity contribution in [1.82, 2.24) is 0 Å². The predicted molar refractivity (Wildman–Crippen MR) is 98.1 cm³/mol. The van der Waals surface area contributed by atoms with Gasteiger partial charge in [-0.05, 0) is 80.7 Å². The molecule has 0 bridgehead atoms. The Bertz CT molecular complexity index is 664. The van der Waals surface area contributed by atoms with Crippen molar-refractivity contribution in [2.24, 2.45) is 0 Å². The van der Waals surface area contributed by atoms with Gasteiger partial charge in [-0.1, -0.05) is 0 Å². The minimum atomic E-state index is -0.304. The number of rotatable bonds is 6. The molecular weight excluding hydrogens is 426 g/mol. The van der Waals surface area contributed by atoms with E-state index in [2.05, 4.69) is 37.2 Å². The molecule has 0 saturated heterocycles. The molecule has 0 heterocycles. The lowest BCUT2D eigenvalue weighted by Gasteiger charge is -2.11. The summed E-state index contributed by atoms with van der Waals surface area (Å²) < 4.78 is 12.0. The topological polar surface area (TPSA) is 47.6 Å². The van der Waals surface area contributed by atoms with Crippen molar-refractivity contribution in [3.05, 3.63) is 56.5 Å². The van der Waals surface area contributed by atoms with Crippen LogP contribution in [0.1, 0.15) is 22.8 Å². The fourth-order valence-electron chi connectivity index (χ4n) is 2.05. The molecule has 0 unspecified atom stereocenters. The van der Waals surface area contributed by atoms with Gasteiger partial charge >= 0.3 is 5.97 Å². The van der Waals surface area contributed by atoms with Crippen molar-refractivity contribution in [3.8, 4) is 5.75 Å². The Balaban J connectivity index is 2.02. The maximum Gasteiger partial charge on any atom is 0.338 e. The molecule has 23 heavy (non-hydrogen) atoms. The lowest BCUT2D eigenvalue weighted by Crippen LogP contribution is -2.05. The van der Waals surface area contributed by atoms with Crippen LogP contribution < -0.4 is 10.1 Å². The lowest BCUT2D eigenvalue weighted by molar-refractivity contribution is 0.0526. The van der Waals surface area contributed by atoms with Crippen LogP contribution in [0.15, 0.2) is 45.3 Å². The maximum atomic E-state index is 11.6. The van der Waals surface area contributed by atoms with Crippen LogP contribution in [0.2, 0.25) is 0 Å². The quantitative estimate of drug-likeness (QED) is 0.638. The normalized spacial score (nSPS) is 10.3. The predicted octanol–water partition coefficient (Wildman–Crippen LogP) is 5.01. The van der Waals surface area contributed by atoms with E-state index in [1.54, 1.807) is 26.2 Å². The Kier molecular flexibility index (Phi) is 6.47.